The highest BCUT2D eigenvalue weighted by Gasteiger charge is 2.34. The van der Waals surface area contributed by atoms with Crippen molar-refractivity contribution in [3.8, 4) is 6.07 Å². The first-order valence-corrected chi connectivity index (χ1v) is 7.69. The van der Waals surface area contributed by atoms with Gasteiger partial charge in [-0.05, 0) is 18.6 Å². The number of benzene rings is 1. The van der Waals surface area contributed by atoms with Gasteiger partial charge in [0.2, 0.25) is 5.13 Å². The number of halogens is 4. The van der Waals surface area contributed by atoms with E-state index < -0.39 is 34.6 Å². The Bertz CT molecular complexity index is 867. The number of hydrogen-bond acceptors (Lipinski definition) is 5. The standard InChI is InChI=1S/C15H10F4N4OS/c1-2-11-22-23-14(25-11)21-13(24)9(7-20)6-8-4-3-5-10(12(8)16)15(17,18)19/h3-6H,2H2,1H3,(H,21,23,24). The fourth-order valence-electron chi connectivity index (χ4n) is 1.80. The Hall–Kier alpha value is -2.80. The highest BCUT2D eigenvalue weighted by molar-refractivity contribution is 7.15. The van der Waals surface area contributed by atoms with Crippen LogP contribution >= 0.6 is 11.3 Å². The number of aromatic nitrogens is 2. The number of alkyl halides is 3. The second-order valence-corrected chi connectivity index (χ2v) is 5.75. The van der Waals surface area contributed by atoms with Gasteiger partial charge in [0.25, 0.3) is 5.91 Å². The Morgan fingerprint density at radius 3 is 2.68 bits per heavy atom. The molecule has 2 aromatic rings. The zero-order chi connectivity index (χ0) is 18.6. The summed E-state index contributed by atoms with van der Waals surface area (Å²) in [6, 6.07) is 4.14. The van der Waals surface area contributed by atoms with E-state index in [1.54, 1.807) is 0 Å². The molecular weight excluding hydrogens is 360 g/mol. The molecule has 10 heteroatoms. The van der Waals surface area contributed by atoms with Gasteiger partial charge in [-0.15, -0.1) is 10.2 Å². The summed E-state index contributed by atoms with van der Waals surface area (Å²) in [5.74, 6) is -2.47. The average Bonchev–Trinajstić information content (AvgIpc) is 3.00. The SMILES string of the molecule is CCc1nnc(NC(=O)C(C#N)=Cc2cccc(C(F)(F)F)c2F)s1. The summed E-state index contributed by atoms with van der Waals surface area (Å²) in [6.07, 6.45) is -3.53. The van der Waals surface area contributed by atoms with E-state index in [0.717, 1.165) is 29.5 Å². The molecule has 0 atom stereocenters. The molecule has 0 fully saturated rings. The number of carbonyl (C=O) groups is 1. The van der Waals surface area contributed by atoms with Gasteiger partial charge in [0.15, 0.2) is 0 Å². The van der Waals surface area contributed by atoms with E-state index in [1.165, 1.54) is 6.07 Å². The minimum Gasteiger partial charge on any atom is -0.296 e. The molecular formula is C15H10F4N4OS. The lowest BCUT2D eigenvalue weighted by Crippen LogP contribution is -2.14. The molecule has 0 aliphatic rings. The number of hydrogen-bond donors (Lipinski definition) is 1. The monoisotopic (exact) mass is 370 g/mol. The Balaban J connectivity index is 2.31. The van der Waals surface area contributed by atoms with Gasteiger partial charge in [0.05, 0.1) is 5.56 Å². The van der Waals surface area contributed by atoms with E-state index in [0.29, 0.717) is 17.5 Å². The minimum absolute atomic E-state index is 0.132. The van der Waals surface area contributed by atoms with Crippen molar-refractivity contribution in [2.75, 3.05) is 5.32 Å². The van der Waals surface area contributed by atoms with Crippen LogP contribution in [-0.4, -0.2) is 16.1 Å². The van der Waals surface area contributed by atoms with E-state index in [1.807, 2.05) is 6.92 Å². The van der Waals surface area contributed by atoms with E-state index in [4.69, 9.17) is 5.26 Å². The van der Waals surface area contributed by atoms with Crippen molar-refractivity contribution in [2.45, 2.75) is 19.5 Å². The lowest BCUT2D eigenvalue weighted by atomic mass is 10.1. The summed E-state index contributed by atoms with van der Waals surface area (Å²) in [5.41, 5.74) is -2.56. The summed E-state index contributed by atoms with van der Waals surface area (Å²) in [6.45, 7) is 1.84. The van der Waals surface area contributed by atoms with Gasteiger partial charge >= 0.3 is 6.18 Å². The first-order chi connectivity index (χ1) is 11.8. The predicted octanol–water partition coefficient (Wildman–Crippen LogP) is 3.80. The van der Waals surface area contributed by atoms with Gasteiger partial charge in [-0.3, -0.25) is 10.1 Å². The average molecular weight is 370 g/mol. The third kappa shape index (κ3) is 4.39. The van der Waals surface area contributed by atoms with Crippen molar-refractivity contribution >= 4 is 28.5 Å². The molecule has 1 N–H and O–H groups in total. The third-order valence-electron chi connectivity index (χ3n) is 2.99. The van der Waals surface area contributed by atoms with Gasteiger partial charge < -0.3 is 0 Å². The Morgan fingerprint density at radius 2 is 2.12 bits per heavy atom. The number of aryl methyl sites for hydroxylation is 1. The molecule has 130 valence electrons. The maximum absolute atomic E-state index is 14.0. The number of anilines is 1. The van der Waals surface area contributed by atoms with Crippen molar-refractivity contribution in [1.29, 1.82) is 5.26 Å². The van der Waals surface area contributed by atoms with Crippen LogP contribution in [0.3, 0.4) is 0 Å². The third-order valence-corrected chi connectivity index (χ3v) is 3.97. The number of carbonyl (C=O) groups excluding carboxylic acids is 1. The van der Waals surface area contributed by atoms with Crippen LogP contribution in [0.15, 0.2) is 23.8 Å². The second-order valence-electron chi connectivity index (χ2n) is 4.68. The zero-order valence-electron chi connectivity index (χ0n) is 12.7. The fraction of sp³-hybridized carbons (Fsp3) is 0.200. The fourth-order valence-corrected chi connectivity index (χ4v) is 2.47. The predicted molar refractivity (Wildman–Crippen MR) is 82.9 cm³/mol. The molecule has 0 saturated heterocycles. The molecule has 0 saturated carbocycles. The van der Waals surface area contributed by atoms with Gasteiger partial charge in [-0.25, -0.2) is 4.39 Å². The maximum atomic E-state index is 14.0. The molecule has 0 spiro atoms. The molecule has 1 aromatic heterocycles. The Kier molecular flexibility index (Phi) is 5.48. The molecule has 0 radical (unpaired) electrons. The van der Waals surface area contributed by atoms with Gasteiger partial charge in [0.1, 0.15) is 22.5 Å². The lowest BCUT2D eigenvalue weighted by Gasteiger charge is -2.09. The molecule has 0 bridgehead atoms. The number of amides is 1. The second kappa shape index (κ2) is 7.40. The van der Waals surface area contributed by atoms with Crippen molar-refractivity contribution in [2.24, 2.45) is 0 Å². The number of rotatable bonds is 4. The van der Waals surface area contributed by atoms with Crippen molar-refractivity contribution in [3.05, 3.63) is 45.7 Å². The summed E-state index contributed by atoms with van der Waals surface area (Å²) < 4.78 is 52.1. The molecule has 5 nitrogen and oxygen atoms in total. The quantitative estimate of drug-likeness (QED) is 0.504. The van der Waals surface area contributed by atoms with Crippen LogP contribution in [0.1, 0.15) is 23.1 Å². The first-order valence-electron chi connectivity index (χ1n) is 6.87. The molecule has 1 amide bonds. The minimum atomic E-state index is -4.88. The summed E-state index contributed by atoms with van der Waals surface area (Å²) in [7, 11) is 0. The summed E-state index contributed by atoms with van der Waals surface area (Å²) in [4.78, 5) is 12.0. The van der Waals surface area contributed by atoms with Crippen molar-refractivity contribution < 1.29 is 22.4 Å². The van der Waals surface area contributed by atoms with Crippen LogP contribution in [0.2, 0.25) is 0 Å². The van der Waals surface area contributed by atoms with Crippen LogP contribution in [0.5, 0.6) is 0 Å². The van der Waals surface area contributed by atoms with Crippen LogP contribution in [0.4, 0.5) is 22.7 Å². The van der Waals surface area contributed by atoms with Crippen molar-refractivity contribution in [3.63, 3.8) is 0 Å². The van der Waals surface area contributed by atoms with Crippen LogP contribution in [0.25, 0.3) is 6.08 Å². The Morgan fingerprint density at radius 1 is 1.40 bits per heavy atom. The zero-order valence-corrected chi connectivity index (χ0v) is 13.5. The molecule has 1 heterocycles. The number of nitrogens with zero attached hydrogens (tertiary/aromatic N) is 3. The summed E-state index contributed by atoms with van der Waals surface area (Å²) in [5, 5.41) is 19.6. The number of nitriles is 1. The van der Waals surface area contributed by atoms with Gasteiger partial charge in [-0.1, -0.05) is 30.4 Å². The molecule has 0 unspecified atom stereocenters. The van der Waals surface area contributed by atoms with E-state index in [2.05, 4.69) is 15.5 Å². The largest absolute Gasteiger partial charge is 0.419 e. The summed E-state index contributed by atoms with van der Waals surface area (Å²) >= 11 is 1.09. The highest BCUT2D eigenvalue weighted by Crippen LogP contribution is 2.33. The first kappa shape index (κ1) is 18.5. The normalized spacial score (nSPS) is 11.9. The smallest absolute Gasteiger partial charge is 0.296 e. The van der Waals surface area contributed by atoms with E-state index in [9.17, 15) is 22.4 Å². The van der Waals surface area contributed by atoms with E-state index in [-0.39, 0.29) is 5.13 Å². The number of nitrogens with one attached hydrogen (secondary N) is 1. The molecule has 25 heavy (non-hydrogen) atoms. The Labute approximate surface area is 143 Å². The van der Waals surface area contributed by atoms with Crippen molar-refractivity contribution in [1.82, 2.24) is 10.2 Å². The lowest BCUT2D eigenvalue weighted by molar-refractivity contribution is -0.140. The molecule has 1 aromatic carbocycles. The highest BCUT2D eigenvalue weighted by atomic mass is 32.1. The topological polar surface area (TPSA) is 78.7 Å². The molecule has 2 rings (SSSR count). The van der Waals surface area contributed by atoms with Crippen LogP contribution < -0.4 is 5.32 Å². The molecule has 0 aliphatic heterocycles. The molecule has 0 aliphatic carbocycles. The van der Waals surface area contributed by atoms with Crippen LogP contribution in [-0.2, 0) is 17.4 Å². The van der Waals surface area contributed by atoms with Gasteiger partial charge in [-0.2, -0.15) is 18.4 Å². The maximum Gasteiger partial charge on any atom is 0.419 e. The van der Waals surface area contributed by atoms with Crippen LogP contribution in [0, 0.1) is 17.1 Å². The van der Waals surface area contributed by atoms with E-state index >= 15 is 0 Å². The van der Waals surface area contributed by atoms with Gasteiger partial charge in [0, 0.05) is 5.56 Å².